The molecule has 0 spiro atoms. The minimum Gasteiger partial charge on any atom is -0.379 e. The summed E-state index contributed by atoms with van der Waals surface area (Å²) in [6.45, 7) is 2.09. The van der Waals surface area contributed by atoms with E-state index >= 15 is 0 Å². The van der Waals surface area contributed by atoms with Crippen LogP contribution in [0.15, 0.2) is 12.1 Å². The molecule has 88 valence electrons. The molecule has 1 heterocycles. The number of hydrogen-bond donors (Lipinski definition) is 1. The van der Waals surface area contributed by atoms with Crippen LogP contribution in [0.4, 0.5) is 18.9 Å². The number of thioether (sulfide) groups is 1. The highest BCUT2D eigenvalue weighted by atomic mass is 32.2. The first-order valence-corrected chi connectivity index (χ1v) is 6.14. The summed E-state index contributed by atoms with van der Waals surface area (Å²) in [5.74, 6) is -2.84. The minimum atomic E-state index is -1.41. The van der Waals surface area contributed by atoms with E-state index in [-0.39, 0.29) is 11.7 Å². The SMILES string of the molecule is CC1CC(Nc2ccc(F)c(F)c2F)CS1. The van der Waals surface area contributed by atoms with Gasteiger partial charge in [0.2, 0.25) is 0 Å². The van der Waals surface area contributed by atoms with E-state index in [0.29, 0.717) is 5.25 Å². The van der Waals surface area contributed by atoms with Crippen molar-refractivity contribution in [2.75, 3.05) is 11.1 Å². The highest BCUT2D eigenvalue weighted by Crippen LogP contribution is 2.29. The van der Waals surface area contributed by atoms with E-state index in [9.17, 15) is 13.2 Å². The average Bonchev–Trinajstić information content (AvgIpc) is 2.65. The molecule has 0 bridgehead atoms. The lowest BCUT2D eigenvalue weighted by atomic mass is 10.2. The van der Waals surface area contributed by atoms with Crippen molar-refractivity contribution >= 4 is 17.4 Å². The van der Waals surface area contributed by atoms with Gasteiger partial charge in [0.15, 0.2) is 17.5 Å². The van der Waals surface area contributed by atoms with Crippen LogP contribution in [-0.2, 0) is 0 Å². The zero-order valence-electron chi connectivity index (χ0n) is 8.77. The van der Waals surface area contributed by atoms with Gasteiger partial charge < -0.3 is 5.32 Å². The number of anilines is 1. The predicted molar refractivity (Wildman–Crippen MR) is 60.3 cm³/mol. The third kappa shape index (κ3) is 2.29. The fourth-order valence-corrected chi connectivity index (χ4v) is 2.92. The number of hydrogen-bond acceptors (Lipinski definition) is 2. The maximum atomic E-state index is 13.3. The van der Waals surface area contributed by atoms with Crippen molar-refractivity contribution in [2.24, 2.45) is 0 Å². The normalized spacial score (nSPS) is 24.8. The number of halogens is 3. The van der Waals surface area contributed by atoms with Crippen molar-refractivity contribution < 1.29 is 13.2 Å². The largest absolute Gasteiger partial charge is 0.379 e. The number of nitrogens with one attached hydrogen (secondary N) is 1. The summed E-state index contributed by atoms with van der Waals surface area (Å²) < 4.78 is 39.0. The first kappa shape index (κ1) is 11.6. The van der Waals surface area contributed by atoms with E-state index in [4.69, 9.17) is 0 Å². The summed E-state index contributed by atoms with van der Waals surface area (Å²) in [6.07, 6.45) is 0.906. The number of rotatable bonds is 2. The molecule has 0 saturated carbocycles. The zero-order valence-corrected chi connectivity index (χ0v) is 9.58. The van der Waals surface area contributed by atoms with E-state index in [2.05, 4.69) is 12.2 Å². The fraction of sp³-hybridized carbons (Fsp3) is 0.455. The molecule has 2 atom stereocenters. The van der Waals surface area contributed by atoms with Crippen molar-refractivity contribution in [3.05, 3.63) is 29.6 Å². The molecular formula is C11H12F3NS. The summed E-state index contributed by atoms with van der Waals surface area (Å²) in [6, 6.07) is 2.30. The van der Waals surface area contributed by atoms with Crippen molar-refractivity contribution in [1.29, 1.82) is 0 Å². The second-order valence-electron chi connectivity index (χ2n) is 3.94. The Hall–Kier alpha value is -0.840. The van der Waals surface area contributed by atoms with Gasteiger partial charge in [0, 0.05) is 17.0 Å². The fourth-order valence-electron chi connectivity index (χ4n) is 1.78. The van der Waals surface area contributed by atoms with Crippen LogP contribution in [0.2, 0.25) is 0 Å². The number of benzene rings is 1. The van der Waals surface area contributed by atoms with Gasteiger partial charge in [-0.3, -0.25) is 0 Å². The maximum absolute atomic E-state index is 13.3. The topological polar surface area (TPSA) is 12.0 Å². The Labute approximate surface area is 96.4 Å². The van der Waals surface area contributed by atoms with Gasteiger partial charge in [-0.2, -0.15) is 11.8 Å². The first-order chi connectivity index (χ1) is 7.58. The van der Waals surface area contributed by atoms with E-state index in [1.165, 1.54) is 6.07 Å². The molecule has 0 aliphatic carbocycles. The van der Waals surface area contributed by atoms with Crippen LogP contribution >= 0.6 is 11.8 Å². The first-order valence-electron chi connectivity index (χ1n) is 5.09. The maximum Gasteiger partial charge on any atom is 0.196 e. The molecule has 1 aromatic carbocycles. The molecule has 1 aliphatic rings. The van der Waals surface area contributed by atoms with Crippen LogP contribution in [0.1, 0.15) is 13.3 Å². The average molecular weight is 247 g/mol. The van der Waals surface area contributed by atoms with Gasteiger partial charge >= 0.3 is 0 Å². The van der Waals surface area contributed by atoms with Gasteiger partial charge in [-0.15, -0.1) is 0 Å². The molecule has 2 unspecified atom stereocenters. The molecule has 1 aliphatic heterocycles. The van der Waals surface area contributed by atoms with Crippen molar-refractivity contribution in [3.8, 4) is 0 Å². The quantitative estimate of drug-likeness (QED) is 0.804. The Morgan fingerprint density at radius 1 is 1.25 bits per heavy atom. The third-order valence-corrected chi connectivity index (χ3v) is 3.95. The molecule has 2 rings (SSSR count). The second kappa shape index (κ2) is 4.57. The second-order valence-corrected chi connectivity index (χ2v) is 5.42. The zero-order chi connectivity index (χ0) is 11.7. The summed E-state index contributed by atoms with van der Waals surface area (Å²) in [7, 11) is 0. The predicted octanol–water partition coefficient (Wildman–Crippen LogP) is 3.41. The molecular weight excluding hydrogens is 235 g/mol. The molecule has 0 amide bonds. The lowest BCUT2D eigenvalue weighted by molar-refractivity contribution is 0.448. The summed E-state index contributed by atoms with van der Waals surface area (Å²) in [5, 5.41) is 3.42. The van der Waals surface area contributed by atoms with Gasteiger partial charge in [-0.25, -0.2) is 13.2 Å². The highest BCUT2D eigenvalue weighted by Gasteiger charge is 2.23. The van der Waals surface area contributed by atoms with Crippen molar-refractivity contribution in [2.45, 2.75) is 24.6 Å². The molecule has 0 aromatic heterocycles. The summed E-state index contributed by atoms with van der Waals surface area (Å²) >= 11 is 1.79. The van der Waals surface area contributed by atoms with Crippen molar-refractivity contribution in [1.82, 2.24) is 0 Å². The van der Waals surface area contributed by atoms with Crippen LogP contribution < -0.4 is 5.32 Å². The molecule has 1 fully saturated rings. The standard InChI is InChI=1S/C11H12F3NS/c1-6-4-7(5-16-6)15-9-3-2-8(12)10(13)11(9)14/h2-3,6-7,15H,4-5H2,1H3. The summed E-state index contributed by atoms with van der Waals surface area (Å²) in [5.41, 5.74) is 0.0404. The minimum absolute atomic E-state index is 0.0404. The van der Waals surface area contributed by atoms with E-state index < -0.39 is 17.5 Å². The van der Waals surface area contributed by atoms with Crippen LogP contribution in [0.25, 0.3) is 0 Å². The molecule has 1 nitrogen and oxygen atoms in total. The van der Waals surface area contributed by atoms with Gasteiger partial charge in [0.25, 0.3) is 0 Å². The van der Waals surface area contributed by atoms with Gasteiger partial charge in [0.05, 0.1) is 5.69 Å². The van der Waals surface area contributed by atoms with Gasteiger partial charge in [0.1, 0.15) is 0 Å². The Bertz CT molecular complexity index is 397. The van der Waals surface area contributed by atoms with Crippen LogP contribution in [0, 0.1) is 17.5 Å². The van der Waals surface area contributed by atoms with Gasteiger partial charge in [-0.05, 0) is 18.6 Å². The molecule has 0 radical (unpaired) electrons. The van der Waals surface area contributed by atoms with Crippen molar-refractivity contribution in [3.63, 3.8) is 0 Å². The third-order valence-electron chi connectivity index (χ3n) is 2.59. The van der Waals surface area contributed by atoms with Crippen LogP contribution in [0.5, 0.6) is 0 Å². The van der Waals surface area contributed by atoms with Crippen LogP contribution in [-0.4, -0.2) is 17.0 Å². The van der Waals surface area contributed by atoms with E-state index in [1.807, 2.05) is 0 Å². The van der Waals surface area contributed by atoms with E-state index in [1.54, 1.807) is 11.8 Å². The highest BCUT2D eigenvalue weighted by molar-refractivity contribution is 8.00. The monoisotopic (exact) mass is 247 g/mol. The molecule has 1 N–H and O–H groups in total. The molecule has 1 saturated heterocycles. The molecule has 16 heavy (non-hydrogen) atoms. The Morgan fingerprint density at radius 2 is 2.00 bits per heavy atom. The lowest BCUT2D eigenvalue weighted by Crippen LogP contribution is -2.20. The lowest BCUT2D eigenvalue weighted by Gasteiger charge is -2.14. The summed E-state index contributed by atoms with van der Waals surface area (Å²) in [4.78, 5) is 0. The van der Waals surface area contributed by atoms with Crippen LogP contribution in [0.3, 0.4) is 0 Å². The smallest absolute Gasteiger partial charge is 0.196 e. The molecule has 1 aromatic rings. The van der Waals surface area contributed by atoms with E-state index in [0.717, 1.165) is 18.2 Å². The molecule has 5 heteroatoms. The Morgan fingerprint density at radius 3 is 2.62 bits per heavy atom. The Kier molecular flexibility index (Phi) is 3.33. The Balaban J connectivity index is 2.13. The van der Waals surface area contributed by atoms with Gasteiger partial charge in [-0.1, -0.05) is 6.92 Å².